The first-order valence-corrected chi connectivity index (χ1v) is 5.38. The smallest absolute Gasteiger partial charge is 0.0891 e. The lowest BCUT2D eigenvalue weighted by Gasteiger charge is -2.20. The van der Waals surface area contributed by atoms with Gasteiger partial charge >= 0.3 is 0 Å². The Balaban J connectivity index is 2.43. The summed E-state index contributed by atoms with van der Waals surface area (Å²) in [5, 5.41) is 9.26. The summed E-state index contributed by atoms with van der Waals surface area (Å²) in [6.45, 7) is 0. The first-order valence-electron chi connectivity index (χ1n) is 4.59. The van der Waals surface area contributed by atoms with Crippen LogP contribution in [0.4, 0.5) is 0 Å². The summed E-state index contributed by atoms with van der Waals surface area (Å²) < 4.78 is 1.04. The molecule has 0 amide bonds. The Hall–Kier alpha value is -1.07. The molecular weight excluding hydrogens is 238 g/mol. The van der Waals surface area contributed by atoms with Gasteiger partial charge in [-0.3, -0.25) is 0 Å². The quantitative estimate of drug-likeness (QED) is 0.697. The van der Waals surface area contributed by atoms with Gasteiger partial charge in [-0.2, -0.15) is 5.26 Å². The number of allylic oxidation sites excluding steroid dienone is 2. The molecule has 0 aromatic heterocycles. The van der Waals surface area contributed by atoms with Crippen molar-refractivity contribution in [3.63, 3.8) is 0 Å². The van der Waals surface area contributed by atoms with Gasteiger partial charge in [-0.05, 0) is 30.5 Å². The molecule has 0 aliphatic heterocycles. The summed E-state index contributed by atoms with van der Waals surface area (Å²) >= 11 is 3.43. The van der Waals surface area contributed by atoms with E-state index in [-0.39, 0.29) is 5.41 Å². The summed E-state index contributed by atoms with van der Waals surface area (Å²) in [4.78, 5) is 0. The molecule has 0 bridgehead atoms. The van der Waals surface area contributed by atoms with Crippen LogP contribution in [-0.2, 0) is 5.41 Å². The molecule has 2 heteroatoms. The van der Waals surface area contributed by atoms with Gasteiger partial charge in [0.15, 0.2) is 0 Å². The maximum atomic E-state index is 9.26. The molecule has 0 saturated carbocycles. The van der Waals surface area contributed by atoms with Crippen LogP contribution in [0.25, 0.3) is 0 Å². The molecule has 0 radical (unpaired) electrons. The number of nitriles is 1. The van der Waals surface area contributed by atoms with Gasteiger partial charge in [0.2, 0.25) is 0 Å². The van der Waals surface area contributed by atoms with Gasteiger partial charge in [0.25, 0.3) is 0 Å². The normalized spacial score (nSPS) is 18.0. The van der Waals surface area contributed by atoms with E-state index in [9.17, 15) is 5.26 Å². The molecule has 0 saturated heterocycles. The van der Waals surface area contributed by atoms with Crippen LogP contribution in [0.3, 0.4) is 0 Å². The molecule has 70 valence electrons. The molecule has 1 aliphatic rings. The zero-order valence-corrected chi connectivity index (χ0v) is 9.29. The average molecular weight is 248 g/mol. The van der Waals surface area contributed by atoms with Gasteiger partial charge in [0.1, 0.15) is 0 Å². The standard InChI is InChI=1S/C12H10BrN/c13-11-5-3-4-10(8-11)12(9-14)6-1-2-7-12/h1-5,8H,6-7H2. The second-order valence-electron chi connectivity index (χ2n) is 3.58. The zero-order valence-electron chi connectivity index (χ0n) is 7.70. The number of nitrogens with zero attached hydrogens (tertiary/aromatic N) is 1. The van der Waals surface area contributed by atoms with Gasteiger partial charge in [-0.25, -0.2) is 0 Å². The molecule has 0 N–H and O–H groups in total. The highest BCUT2D eigenvalue weighted by molar-refractivity contribution is 9.10. The molecule has 1 aromatic rings. The fourth-order valence-electron chi connectivity index (χ4n) is 1.83. The van der Waals surface area contributed by atoms with Crippen molar-refractivity contribution in [2.45, 2.75) is 18.3 Å². The Bertz CT molecular complexity index is 407. The largest absolute Gasteiger partial charge is 0.197 e. The molecule has 2 rings (SSSR count). The number of rotatable bonds is 1. The third-order valence-corrected chi connectivity index (χ3v) is 3.18. The summed E-state index contributed by atoms with van der Waals surface area (Å²) in [5.74, 6) is 0. The highest BCUT2D eigenvalue weighted by atomic mass is 79.9. The number of hydrogen-bond donors (Lipinski definition) is 0. The molecular formula is C12H10BrN. The first kappa shape index (κ1) is 9.48. The third kappa shape index (κ3) is 1.49. The van der Waals surface area contributed by atoms with E-state index in [0.717, 1.165) is 22.9 Å². The second-order valence-corrected chi connectivity index (χ2v) is 4.50. The Morgan fingerprint density at radius 2 is 2.00 bits per heavy atom. The molecule has 1 nitrogen and oxygen atoms in total. The SMILES string of the molecule is N#CC1(c2cccc(Br)c2)CC=CC1. The minimum absolute atomic E-state index is 0.316. The Kier molecular flexibility index (Phi) is 2.43. The summed E-state index contributed by atoms with van der Waals surface area (Å²) in [5.41, 5.74) is 0.795. The van der Waals surface area contributed by atoms with E-state index in [1.54, 1.807) is 0 Å². The lowest BCUT2D eigenvalue weighted by atomic mass is 9.80. The van der Waals surface area contributed by atoms with Crippen LogP contribution >= 0.6 is 15.9 Å². The van der Waals surface area contributed by atoms with Crippen molar-refractivity contribution in [1.82, 2.24) is 0 Å². The van der Waals surface area contributed by atoms with Crippen molar-refractivity contribution < 1.29 is 0 Å². The van der Waals surface area contributed by atoms with Crippen LogP contribution in [0.2, 0.25) is 0 Å². The Morgan fingerprint density at radius 3 is 2.57 bits per heavy atom. The monoisotopic (exact) mass is 247 g/mol. The van der Waals surface area contributed by atoms with E-state index in [1.807, 2.05) is 24.3 Å². The van der Waals surface area contributed by atoms with Gasteiger partial charge in [-0.1, -0.05) is 40.2 Å². The van der Waals surface area contributed by atoms with Gasteiger partial charge < -0.3 is 0 Å². The van der Waals surface area contributed by atoms with Gasteiger partial charge in [0, 0.05) is 4.47 Å². The van der Waals surface area contributed by atoms with Crippen LogP contribution in [0.15, 0.2) is 40.9 Å². The van der Waals surface area contributed by atoms with E-state index in [0.29, 0.717) is 0 Å². The van der Waals surface area contributed by atoms with E-state index in [2.05, 4.69) is 34.2 Å². The molecule has 1 aromatic carbocycles. The summed E-state index contributed by atoms with van der Waals surface area (Å²) in [6.07, 6.45) is 5.84. The van der Waals surface area contributed by atoms with Crippen molar-refractivity contribution in [2.75, 3.05) is 0 Å². The molecule has 0 heterocycles. The summed E-state index contributed by atoms with van der Waals surface area (Å²) in [6, 6.07) is 10.5. The molecule has 0 unspecified atom stereocenters. The Morgan fingerprint density at radius 1 is 1.29 bits per heavy atom. The van der Waals surface area contributed by atoms with Crippen molar-refractivity contribution >= 4 is 15.9 Å². The first-order chi connectivity index (χ1) is 6.77. The topological polar surface area (TPSA) is 23.8 Å². The predicted octanol–water partition coefficient (Wildman–Crippen LogP) is 3.56. The highest BCUT2D eigenvalue weighted by Gasteiger charge is 2.32. The number of hydrogen-bond acceptors (Lipinski definition) is 1. The van der Waals surface area contributed by atoms with Crippen molar-refractivity contribution in [2.24, 2.45) is 0 Å². The Labute approximate surface area is 92.2 Å². The lowest BCUT2D eigenvalue weighted by molar-refractivity contribution is 0.596. The van der Waals surface area contributed by atoms with Crippen LogP contribution in [0.5, 0.6) is 0 Å². The molecule has 1 aliphatic carbocycles. The van der Waals surface area contributed by atoms with Crippen molar-refractivity contribution in [3.05, 3.63) is 46.5 Å². The molecule has 0 fully saturated rings. The minimum Gasteiger partial charge on any atom is -0.197 e. The van der Waals surface area contributed by atoms with Crippen LogP contribution in [0, 0.1) is 11.3 Å². The van der Waals surface area contributed by atoms with E-state index in [4.69, 9.17) is 0 Å². The predicted molar refractivity (Wildman–Crippen MR) is 59.8 cm³/mol. The maximum absolute atomic E-state index is 9.26. The van der Waals surface area contributed by atoms with Crippen LogP contribution in [-0.4, -0.2) is 0 Å². The van der Waals surface area contributed by atoms with E-state index in [1.165, 1.54) is 0 Å². The van der Waals surface area contributed by atoms with Gasteiger partial charge in [-0.15, -0.1) is 0 Å². The molecule has 0 atom stereocenters. The van der Waals surface area contributed by atoms with E-state index < -0.39 is 0 Å². The van der Waals surface area contributed by atoms with Gasteiger partial charge in [0.05, 0.1) is 11.5 Å². The average Bonchev–Trinajstić information content (AvgIpc) is 2.67. The molecule has 0 spiro atoms. The van der Waals surface area contributed by atoms with E-state index >= 15 is 0 Å². The maximum Gasteiger partial charge on any atom is 0.0891 e. The number of benzene rings is 1. The van der Waals surface area contributed by atoms with Crippen molar-refractivity contribution in [1.29, 1.82) is 5.26 Å². The minimum atomic E-state index is -0.316. The fraction of sp³-hybridized carbons (Fsp3) is 0.250. The van der Waals surface area contributed by atoms with Crippen molar-refractivity contribution in [3.8, 4) is 6.07 Å². The van der Waals surface area contributed by atoms with Crippen LogP contribution in [0.1, 0.15) is 18.4 Å². The zero-order chi connectivity index (χ0) is 10.0. The third-order valence-electron chi connectivity index (χ3n) is 2.69. The highest BCUT2D eigenvalue weighted by Crippen LogP contribution is 2.37. The fourth-order valence-corrected chi connectivity index (χ4v) is 2.23. The van der Waals surface area contributed by atoms with Crippen LogP contribution < -0.4 is 0 Å². The summed E-state index contributed by atoms with van der Waals surface area (Å²) in [7, 11) is 0. The lowest BCUT2D eigenvalue weighted by Crippen LogP contribution is -2.19. The number of halogens is 1. The molecule has 14 heavy (non-hydrogen) atoms. The second kappa shape index (κ2) is 3.59.